The van der Waals surface area contributed by atoms with Crippen LogP contribution in [0, 0.1) is 5.92 Å². The molecule has 0 radical (unpaired) electrons. The number of phenolic OH excluding ortho intramolecular Hbond substituents is 1. The maximum absolute atomic E-state index is 12.4. The third-order valence-electron chi connectivity index (χ3n) is 4.63. The molecule has 1 aliphatic rings. The van der Waals surface area contributed by atoms with Crippen molar-refractivity contribution in [1.82, 2.24) is 4.90 Å². The molecule has 0 aromatic heterocycles. The van der Waals surface area contributed by atoms with Crippen LogP contribution in [0.1, 0.15) is 27.9 Å². The van der Waals surface area contributed by atoms with Gasteiger partial charge in [0.1, 0.15) is 5.75 Å². The zero-order chi connectivity index (χ0) is 17.8. The first-order chi connectivity index (χ1) is 12.0. The van der Waals surface area contributed by atoms with E-state index in [1.54, 1.807) is 30.3 Å². The van der Waals surface area contributed by atoms with Gasteiger partial charge in [0.05, 0.1) is 12.0 Å². The normalized spacial score (nSPS) is 16.8. The Morgan fingerprint density at radius 2 is 1.84 bits per heavy atom. The van der Waals surface area contributed by atoms with E-state index in [-0.39, 0.29) is 17.2 Å². The molecule has 1 fully saturated rings. The monoisotopic (exact) mass is 339 g/mol. The van der Waals surface area contributed by atoms with Crippen molar-refractivity contribution in [3.05, 3.63) is 65.2 Å². The average molecular weight is 339 g/mol. The Bertz CT molecular complexity index is 770. The quantitative estimate of drug-likeness (QED) is 0.878. The van der Waals surface area contributed by atoms with Crippen molar-refractivity contribution < 1.29 is 19.8 Å². The summed E-state index contributed by atoms with van der Waals surface area (Å²) in [5.74, 6) is -0.274. The van der Waals surface area contributed by atoms with E-state index in [1.165, 1.54) is 0 Å². The molecule has 0 saturated carbocycles. The molecule has 5 heteroatoms. The zero-order valence-electron chi connectivity index (χ0n) is 13.9. The Morgan fingerprint density at radius 3 is 2.52 bits per heavy atom. The lowest BCUT2D eigenvalue weighted by Crippen LogP contribution is -2.30. The van der Waals surface area contributed by atoms with Crippen molar-refractivity contribution in [3.8, 4) is 5.75 Å². The van der Waals surface area contributed by atoms with Gasteiger partial charge in [-0.25, -0.2) is 4.79 Å². The van der Waals surface area contributed by atoms with Crippen LogP contribution in [0.3, 0.4) is 0 Å². The Hall–Kier alpha value is -2.82. The molecule has 5 nitrogen and oxygen atoms in total. The third-order valence-corrected chi connectivity index (χ3v) is 4.63. The lowest BCUT2D eigenvalue weighted by Gasteiger charge is -2.17. The van der Waals surface area contributed by atoms with Crippen molar-refractivity contribution in [2.24, 2.45) is 5.92 Å². The van der Waals surface area contributed by atoms with Crippen molar-refractivity contribution in [3.63, 3.8) is 0 Å². The average Bonchev–Trinajstić information content (AvgIpc) is 3.04. The summed E-state index contributed by atoms with van der Waals surface area (Å²) in [5, 5.41) is 18.4. The summed E-state index contributed by atoms with van der Waals surface area (Å²) < 4.78 is 0. The summed E-state index contributed by atoms with van der Waals surface area (Å²) in [5.41, 5.74) is 2.20. The van der Waals surface area contributed by atoms with E-state index in [9.17, 15) is 14.7 Å². The standard InChI is InChI=1S/C20H21NO4/c22-18-3-1-2-15(11-18)12-19(23)21-9-8-16(13-21)10-14-4-6-17(7-5-14)20(24)25/h1-7,11,16,22H,8-10,12-13H2,(H,24,25). The number of likely N-dealkylation sites (tertiary alicyclic amines) is 1. The molecule has 1 aliphatic heterocycles. The van der Waals surface area contributed by atoms with E-state index in [4.69, 9.17) is 5.11 Å². The Kier molecular flexibility index (Phi) is 5.03. The van der Waals surface area contributed by atoms with E-state index in [0.717, 1.165) is 37.1 Å². The minimum atomic E-state index is -0.920. The molecule has 0 spiro atoms. The van der Waals surface area contributed by atoms with Gasteiger partial charge in [-0.05, 0) is 54.2 Å². The summed E-state index contributed by atoms with van der Waals surface area (Å²) in [6, 6.07) is 13.7. The van der Waals surface area contributed by atoms with Crippen molar-refractivity contribution in [2.45, 2.75) is 19.3 Å². The van der Waals surface area contributed by atoms with Gasteiger partial charge >= 0.3 is 5.97 Å². The van der Waals surface area contributed by atoms with Gasteiger partial charge in [0.2, 0.25) is 5.91 Å². The van der Waals surface area contributed by atoms with Gasteiger partial charge in [-0.1, -0.05) is 24.3 Å². The molecule has 1 heterocycles. The van der Waals surface area contributed by atoms with Gasteiger partial charge in [-0.2, -0.15) is 0 Å². The number of hydrogen-bond acceptors (Lipinski definition) is 3. The largest absolute Gasteiger partial charge is 0.508 e. The SMILES string of the molecule is O=C(O)c1ccc(CC2CCN(C(=O)Cc3cccc(O)c3)C2)cc1. The number of carbonyl (C=O) groups excluding carboxylic acids is 1. The maximum Gasteiger partial charge on any atom is 0.335 e. The molecule has 3 rings (SSSR count). The number of carboxylic acid groups (broad SMARTS) is 1. The number of hydrogen-bond donors (Lipinski definition) is 2. The van der Waals surface area contributed by atoms with E-state index in [0.29, 0.717) is 12.3 Å². The number of benzene rings is 2. The second kappa shape index (κ2) is 7.38. The number of aromatic hydroxyl groups is 1. The lowest BCUT2D eigenvalue weighted by atomic mass is 9.98. The fraction of sp³-hybridized carbons (Fsp3) is 0.300. The third kappa shape index (κ3) is 4.38. The number of phenols is 1. The molecule has 0 aliphatic carbocycles. The van der Waals surface area contributed by atoms with Crippen LogP contribution in [-0.4, -0.2) is 40.1 Å². The van der Waals surface area contributed by atoms with E-state index < -0.39 is 5.97 Å². The Morgan fingerprint density at radius 1 is 1.08 bits per heavy atom. The predicted molar refractivity (Wildman–Crippen MR) is 93.6 cm³/mol. The summed E-state index contributed by atoms with van der Waals surface area (Å²) in [4.78, 5) is 25.2. The fourth-order valence-electron chi connectivity index (χ4n) is 3.30. The second-order valence-electron chi connectivity index (χ2n) is 6.55. The fourth-order valence-corrected chi connectivity index (χ4v) is 3.30. The summed E-state index contributed by atoms with van der Waals surface area (Å²) in [6.45, 7) is 1.47. The van der Waals surface area contributed by atoms with Gasteiger partial charge in [0.25, 0.3) is 0 Å². The van der Waals surface area contributed by atoms with E-state index >= 15 is 0 Å². The highest BCUT2D eigenvalue weighted by Gasteiger charge is 2.26. The number of carbonyl (C=O) groups is 2. The van der Waals surface area contributed by atoms with Crippen LogP contribution < -0.4 is 0 Å². The first kappa shape index (κ1) is 17.0. The summed E-state index contributed by atoms with van der Waals surface area (Å²) in [6.07, 6.45) is 2.09. The molecule has 2 N–H and O–H groups in total. The molecule has 25 heavy (non-hydrogen) atoms. The van der Waals surface area contributed by atoms with Gasteiger partial charge < -0.3 is 15.1 Å². The first-order valence-corrected chi connectivity index (χ1v) is 8.39. The van der Waals surface area contributed by atoms with Crippen LogP contribution >= 0.6 is 0 Å². The minimum absolute atomic E-state index is 0.0781. The van der Waals surface area contributed by atoms with Gasteiger partial charge in [0, 0.05) is 13.1 Å². The summed E-state index contributed by atoms with van der Waals surface area (Å²) in [7, 11) is 0. The Balaban J connectivity index is 1.54. The van der Waals surface area contributed by atoms with Gasteiger partial charge in [-0.3, -0.25) is 4.79 Å². The van der Waals surface area contributed by atoms with Crippen molar-refractivity contribution >= 4 is 11.9 Å². The van der Waals surface area contributed by atoms with E-state index in [2.05, 4.69) is 0 Å². The highest BCUT2D eigenvalue weighted by molar-refractivity contribution is 5.87. The molecular formula is C20H21NO4. The lowest BCUT2D eigenvalue weighted by molar-refractivity contribution is -0.129. The van der Waals surface area contributed by atoms with Gasteiger partial charge in [-0.15, -0.1) is 0 Å². The predicted octanol–water partition coefficient (Wildman–Crippen LogP) is 2.72. The van der Waals surface area contributed by atoms with Crippen molar-refractivity contribution in [2.75, 3.05) is 13.1 Å². The first-order valence-electron chi connectivity index (χ1n) is 8.39. The molecule has 130 valence electrons. The molecule has 2 aromatic rings. The maximum atomic E-state index is 12.4. The van der Waals surface area contributed by atoms with Crippen LogP contribution in [0.4, 0.5) is 0 Å². The molecule has 1 atom stereocenters. The van der Waals surface area contributed by atoms with Crippen LogP contribution in [0.5, 0.6) is 5.75 Å². The van der Waals surface area contributed by atoms with Crippen LogP contribution in [-0.2, 0) is 17.6 Å². The minimum Gasteiger partial charge on any atom is -0.508 e. The van der Waals surface area contributed by atoms with Crippen LogP contribution in [0.25, 0.3) is 0 Å². The number of carboxylic acids is 1. The van der Waals surface area contributed by atoms with Gasteiger partial charge in [0.15, 0.2) is 0 Å². The molecular weight excluding hydrogens is 318 g/mol. The number of nitrogens with zero attached hydrogens (tertiary/aromatic N) is 1. The summed E-state index contributed by atoms with van der Waals surface area (Å²) >= 11 is 0. The molecule has 0 bridgehead atoms. The van der Waals surface area contributed by atoms with Crippen molar-refractivity contribution in [1.29, 1.82) is 0 Å². The number of rotatable bonds is 5. The zero-order valence-corrected chi connectivity index (χ0v) is 13.9. The molecule has 1 amide bonds. The highest BCUT2D eigenvalue weighted by atomic mass is 16.4. The Labute approximate surface area is 146 Å². The molecule has 2 aromatic carbocycles. The molecule has 1 saturated heterocycles. The van der Waals surface area contributed by atoms with Crippen LogP contribution in [0.15, 0.2) is 48.5 Å². The number of amides is 1. The smallest absolute Gasteiger partial charge is 0.335 e. The molecule has 1 unspecified atom stereocenters. The number of aromatic carboxylic acids is 1. The van der Waals surface area contributed by atoms with Crippen LogP contribution in [0.2, 0.25) is 0 Å². The topological polar surface area (TPSA) is 77.8 Å². The highest BCUT2D eigenvalue weighted by Crippen LogP contribution is 2.22. The second-order valence-corrected chi connectivity index (χ2v) is 6.55. The van der Waals surface area contributed by atoms with E-state index in [1.807, 2.05) is 23.1 Å².